The molecule has 0 aliphatic rings. The van der Waals surface area contributed by atoms with E-state index in [-0.39, 0.29) is 0 Å². The Morgan fingerprint density at radius 1 is 1.15 bits per heavy atom. The number of aliphatic hydroxyl groups is 1. The van der Waals surface area contributed by atoms with Crippen molar-refractivity contribution in [2.75, 3.05) is 0 Å². The van der Waals surface area contributed by atoms with Crippen LogP contribution in [0.1, 0.15) is 13.3 Å². The molecule has 0 saturated heterocycles. The molecule has 0 bridgehead atoms. The van der Waals surface area contributed by atoms with Gasteiger partial charge in [-0.3, -0.25) is 0 Å². The van der Waals surface area contributed by atoms with Crippen molar-refractivity contribution < 1.29 is 33.8 Å². The molecule has 0 aliphatic heterocycles. The topological polar surface area (TPSA) is 161 Å². The quantitative estimate of drug-likeness (QED) is 0.248. The molecule has 0 spiro atoms. The third kappa shape index (κ3) is 309. The monoisotopic (exact) mass is 237 g/mol. The molecule has 0 aromatic rings. The van der Waals surface area contributed by atoms with E-state index >= 15 is 0 Å². The Bertz CT molecular complexity index is 120. The molecular weight excluding hydrogens is 224 g/mol. The van der Waals surface area contributed by atoms with Crippen LogP contribution >= 0.6 is 16.5 Å². The number of hydrogen-bond donors (Lipinski definition) is 6. The molecule has 0 aliphatic carbocycles. The lowest BCUT2D eigenvalue weighted by Gasteiger charge is -1.91. The Morgan fingerprint density at radius 2 is 1.23 bits per heavy atom. The fourth-order valence-electron chi connectivity index (χ4n) is 0. The molecule has 1 unspecified atom stereocenters. The largest absolute Gasteiger partial charge is 0.692 e. The van der Waals surface area contributed by atoms with E-state index in [0.29, 0.717) is 6.42 Å². The Labute approximate surface area is 76.5 Å². The Kier molecular flexibility index (Phi) is 20.8. The molecule has 0 aromatic heterocycles. The predicted octanol–water partition coefficient (Wildman–Crippen LogP) is -1.07. The maximum Gasteiger partial charge on any atom is 0.692 e. The van der Waals surface area contributed by atoms with Crippen molar-refractivity contribution in [1.29, 1.82) is 0 Å². The summed E-state index contributed by atoms with van der Waals surface area (Å²) >= 11 is 0. The summed E-state index contributed by atoms with van der Waals surface area (Å²) in [6.45, 7) is 1.82. The minimum Gasteiger partial charge on any atom is -0.379 e. The highest BCUT2D eigenvalue weighted by Gasteiger charge is 1.93. The zero-order chi connectivity index (χ0) is 11.4. The third-order valence-corrected chi connectivity index (χ3v) is 0.418. The minimum absolute atomic E-state index is 0.616. The zero-order valence-electron chi connectivity index (χ0n) is 6.81. The second-order valence-corrected chi connectivity index (χ2v) is 2.49. The van der Waals surface area contributed by atoms with Gasteiger partial charge in [-0.05, 0) is 6.42 Å². The molecule has 0 rings (SSSR count). The van der Waals surface area contributed by atoms with Gasteiger partial charge in [-0.1, -0.05) is 6.92 Å². The molecule has 13 heavy (non-hydrogen) atoms. The van der Waals surface area contributed by atoms with Gasteiger partial charge in [0.15, 0.2) is 0 Å². The summed E-state index contributed by atoms with van der Waals surface area (Å²) in [4.78, 5) is 28.5. The van der Waals surface area contributed by atoms with E-state index in [0.717, 1.165) is 0 Å². The number of aliphatic hydroxyl groups excluding tert-OH is 1. The van der Waals surface area contributed by atoms with Crippen molar-refractivity contribution in [1.82, 2.24) is 0 Å². The molecular formula is C3H13NO7P2+2. The minimum atomic E-state index is -2.87. The van der Waals surface area contributed by atoms with Gasteiger partial charge >= 0.3 is 16.5 Å². The van der Waals surface area contributed by atoms with Gasteiger partial charge in [0.2, 0.25) is 0 Å². The van der Waals surface area contributed by atoms with Crippen LogP contribution in [0.25, 0.3) is 0 Å². The van der Waals surface area contributed by atoms with Gasteiger partial charge in [0.05, 0.1) is 0 Å². The molecule has 7 N–H and O–H groups in total. The van der Waals surface area contributed by atoms with Crippen molar-refractivity contribution in [3.05, 3.63) is 0 Å². The standard InChI is InChI=1S/C3H9NO.2HO3P/c1-2-3(4)5;2*1-4(2)3/h3,5H,2,4H2,1H3;2*(H-,1,2,3)/p+2. The van der Waals surface area contributed by atoms with Gasteiger partial charge in [0, 0.05) is 9.13 Å². The average Bonchev–Trinajstić information content (AvgIpc) is 1.84. The fourth-order valence-corrected chi connectivity index (χ4v) is 0. The summed E-state index contributed by atoms with van der Waals surface area (Å²) in [6.07, 6.45) is 0.0231. The van der Waals surface area contributed by atoms with E-state index in [1.54, 1.807) is 0 Å². The van der Waals surface area contributed by atoms with Crippen LogP contribution < -0.4 is 5.73 Å². The summed E-state index contributed by atoms with van der Waals surface area (Å²) < 4.78 is 17.4. The van der Waals surface area contributed by atoms with Crippen LogP contribution in [-0.2, 0) is 9.13 Å². The normalized spacial score (nSPS) is 9.77. The van der Waals surface area contributed by atoms with Crippen LogP contribution in [0, 0.1) is 0 Å². The van der Waals surface area contributed by atoms with Crippen LogP contribution in [0.5, 0.6) is 0 Å². The summed E-state index contributed by atoms with van der Waals surface area (Å²) in [6, 6.07) is 0. The van der Waals surface area contributed by atoms with Crippen molar-refractivity contribution in [3.63, 3.8) is 0 Å². The summed E-state index contributed by atoms with van der Waals surface area (Å²) in [5.41, 5.74) is 4.85. The SMILES string of the molecule is CCC(N)O.O=[P+](O)O.O=[P+](O)O. The molecule has 0 saturated carbocycles. The molecule has 80 valence electrons. The first-order valence-corrected chi connectivity index (χ1v) is 5.20. The molecule has 8 nitrogen and oxygen atoms in total. The van der Waals surface area contributed by atoms with Gasteiger partial charge in [-0.15, -0.1) is 19.6 Å². The van der Waals surface area contributed by atoms with Gasteiger partial charge in [-0.25, -0.2) is 0 Å². The van der Waals surface area contributed by atoms with Crippen LogP contribution in [0.2, 0.25) is 0 Å². The summed E-state index contributed by atoms with van der Waals surface area (Å²) in [7, 11) is -5.74. The molecule has 0 heterocycles. The first-order chi connectivity index (χ1) is 5.73. The smallest absolute Gasteiger partial charge is 0.379 e. The molecule has 0 radical (unpaired) electrons. The highest BCUT2D eigenvalue weighted by Crippen LogP contribution is 1.98. The van der Waals surface area contributed by atoms with Crippen LogP contribution in [0.3, 0.4) is 0 Å². The Hall–Kier alpha value is -0.0400. The maximum absolute atomic E-state index is 8.70. The lowest BCUT2D eigenvalue weighted by molar-refractivity contribution is 0.178. The highest BCUT2D eigenvalue weighted by molar-refractivity contribution is 7.31. The lowest BCUT2D eigenvalue weighted by atomic mass is 10.5. The lowest BCUT2D eigenvalue weighted by Crippen LogP contribution is -2.16. The summed E-state index contributed by atoms with van der Waals surface area (Å²) in [5, 5.41) is 8.14. The number of nitrogens with two attached hydrogens (primary N) is 1. The van der Waals surface area contributed by atoms with E-state index in [9.17, 15) is 0 Å². The summed E-state index contributed by atoms with van der Waals surface area (Å²) in [5.74, 6) is 0. The Balaban J connectivity index is -0.000000117. The molecule has 0 aromatic carbocycles. The highest BCUT2D eigenvalue weighted by atomic mass is 31.1. The molecule has 10 heteroatoms. The van der Waals surface area contributed by atoms with Crippen molar-refractivity contribution in [2.24, 2.45) is 5.73 Å². The second kappa shape index (κ2) is 14.5. The van der Waals surface area contributed by atoms with E-state index in [1.165, 1.54) is 0 Å². The van der Waals surface area contributed by atoms with Gasteiger partial charge in [0.25, 0.3) is 0 Å². The second-order valence-electron chi connectivity index (χ2n) is 1.48. The fraction of sp³-hybridized carbons (Fsp3) is 1.00. The maximum atomic E-state index is 8.70. The first-order valence-electron chi connectivity index (χ1n) is 2.87. The van der Waals surface area contributed by atoms with Crippen molar-refractivity contribution in [2.45, 2.75) is 19.6 Å². The van der Waals surface area contributed by atoms with E-state index in [1.807, 2.05) is 6.92 Å². The van der Waals surface area contributed by atoms with Crippen LogP contribution in [-0.4, -0.2) is 30.9 Å². The molecule has 0 amide bonds. The van der Waals surface area contributed by atoms with Gasteiger partial charge < -0.3 is 10.8 Å². The third-order valence-electron chi connectivity index (χ3n) is 0.418. The first kappa shape index (κ1) is 18.7. The molecule has 1 atom stereocenters. The zero-order valence-corrected chi connectivity index (χ0v) is 8.60. The van der Waals surface area contributed by atoms with E-state index in [2.05, 4.69) is 0 Å². The van der Waals surface area contributed by atoms with E-state index in [4.69, 9.17) is 39.5 Å². The molecule has 0 fully saturated rings. The van der Waals surface area contributed by atoms with Gasteiger partial charge in [-0.2, -0.15) is 0 Å². The van der Waals surface area contributed by atoms with E-state index < -0.39 is 22.7 Å². The number of hydrogen-bond acceptors (Lipinski definition) is 4. The van der Waals surface area contributed by atoms with Gasteiger partial charge in [0.1, 0.15) is 6.23 Å². The predicted molar refractivity (Wildman–Crippen MR) is 44.6 cm³/mol. The van der Waals surface area contributed by atoms with Crippen LogP contribution in [0.4, 0.5) is 0 Å². The average molecular weight is 237 g/mol. The van der Waals surface area contributed by atoms with Crippen molar-refractivity contribution in [3.8, 4) is 0 Å². The van der Waals surface area contributed by atoms with Crippen molar-refractivity contribution >= 4 is 16.5 Å². The van der Waals surface area contributed by atoms with Crippen LogP contribution in [0.15, 0.2) is 0 Å². The Morgan fingerprint density at radius 3 is 1.23 bits per heavy atom. The number of rotatable bonds is 1.